The number of halogens is 1. The number of carbonyl (C=O) groups is 1. The fourth-order valence-corrected chi connectivity index (χ4v) is 0.545. The summed E-state index contributed by atoms with van der Waals surface area (Å²) in [6.07, 6.45) is 0. The maximum absolute atomic E-state index is 10.2. The molecular formula is C5H10INO2. The Morgan fingerprint density at radius 2 is 2.44 bits per heavy atom. The fraction of sp³-hybridized carbons (Fsp3) is 0.800. The summed E-state index contributed by atoms with van der Waals surface area (Å²) in [6, 6.07) is 0.0146. The normalized spacial score (nSPS) is 13.2. The molecule has 54 valence electrons. The van der Waals surface area contributed by atoms with Crippen molar-refractivity contribution in [2.24, 2.45) is 5.73 Å². The minimum atomic E-state index is 0.00764. The number of hydrogen-bond acceptors (Lipinski definition) is 3. The first-order valence-corrected chi connectivity index (χ1v) is 3.72. The van der Waals surface area contributed by atoms with Crippen molar-refractivity contribution in [1.82, 2.24) is 0 Å². The highest BCUT2D eigenvalue weighted by molar-refractivity contribution is 14.1. The fourth-order valence-electron chi connectivity index (χ4n) is 0.325. The van der Waals surface area contributed by atoms with Crippen LogP contribution in [0.25, 0.3) is 0 Å². The standard InChI is InChI=1S/C5H10INO2/c1-4(7)2-9-3-5(6)8/h4H,2-3,7H2,1H3. The first-order chi connectivity index (χ1) is 4.13. The van der Waals surface area contributed by atoms with E-state index in [9.17, 15) is 4.79 Å². The Bertz CT molecular complexity index is 95.0. The molecule has 0 radical (unpaired) electrons. The molecule has 0 aliphatic rings. The Labute approximate surface area is 68.1 Å². The highest BCUT2D eigenvalue weighted by Crippen LogP contribution is 1.87. The monoisotopic (exact) mass is 243 g/mol. The van der Waals surface area contributed by atoms with Crippen molar-refractivity contribution in [3.8, 4) is 0 Å². The van der Waals surface area contributed by atoms with Crippen LogP contribution in [0.4, 0.5) is 0 Å². The number of rotatable bonds is 4. The van der Waals surface area contributed by atoms with E-state index in [-0.39, 0.29) is 16.4 Å². The third-order valence-electron chi connectivity index (χ3n) is 0.596. The van der Waals surface area contributed by atoms with Gasteiger partial charge in [-0.15, -0.1) is 0 Å². The SMILES string of the molecule is CC(N)COCC(=O)I. The first kappa shape index (κ1) is 9.32. The van der Waals surface area contributed by atoms with Crippen molar-refractivity contribution in [3.63, 3.8) is 0 Å². The Balaban J connectivity index is 3.01. The average molecular weight is 243 g/mol. The summed E-state index contributed by atoms with van der Waals surface area (Å²) >= 11 is 1.68. The summed E-state index contributed by atoms with van der Waals surface area (Å²) in [5.41, 5.74) is 5.34. The van der Waals surface area contributed by atoms with E-state index >= 15 is 0 Å². The van der Waals surface area contributed by atoms with E-state index in [0.717, 1.165) is 0 Å². The van der Waals surface area contributed by atoms with Gasteiger partial charge in [0.15, 0.2) is 0 Å². The topological polar surface area (TPSA) is 52.3 Å². The molecule has 0 fully saturated rings. The highest BCUT2D eigenvalue weighted by Gasteiger charge is 1.96. The summed E-state index contributed by atoms with van der Waals surface area (Å²) in [5.74, 6) is 0. The minimum Gasteiger partial charge on any atom is -0.371 e. The van der Waals surface area contributed by atoms with Crippen LogP contribution in [0, 0.1) is 0 Å². The lowest BCUT2D eigenvalue weighted by Crippen LogP contribution is -2.22. The number of carbonyl (C=O) groups excluding carboxylic acids is 1. The molecule has 0 spiro atoms. The third kappa shape index (κ3) is 8.32. The van der Waals surface area contributed by atoms with Gasteiger partial charge in [-0.05, 0) is 6.92 Å². The molecular weight excluding hydrogens is 233 g/mol. The van der Waals surface area contributed by atoms with E-state index in [1.54, 1.807) is 22.6 Å². The van der Waals surface area contributed by atoms with E-state index in [2.05, 4.69) is 0 Å². The van der Waals surface area contributed by atoms with Crippen LogP contribution < -0.4 is 5.73 Å². The molecule has 0 heterocycles. The zero-order chi connectivity index (χ0) is 7.28. The predicted octanol–water partition coefficient (Wildman–Crippen LogP) is 0.312. The molecule has 0 saturated heterocycles. The van der Waals surface area contributed by atoms with Crippen molar-refractivity contribution in [3.05, 3.63) is 0 Å². The van der Waals surface area contributed by atoms with Gasteiger partial charge >= 0.3 is 0 Å². The van der Waals surface area contributed by atoms with Crippen LogP contribution in [-0.4, -0.2) is 23.0 Å². The van der Waals surface area contributed by atoms with Gasteiger partial charge in [0.05, 0.1) is 6.61 Å². The van der Waals surface area contributed by atoms with Gasteiger partial charge in [-0.1, -0.05) is 0 Å². The van der Waals surface area contributed by atoms with Gasteiger partial charge < -0.3 is 10.5 Å². The van der Waals surface area contributed by atoms with Gasteiger partial charge in [0.2, 0.25) is 3.79 Å². The molecule has 0 amide bonds. The lowest BCUT2D eigenvalue weighted by molar-refractivity contribution is -0.113. The number of nitrogens with two attached hydrogens (primary N) is 1. The molecule has 0 aromatic rings. The molecule has 0 aliphatic carbocycles. The number of ether oxygens (including phenoxy) is 1. The summed E-state index contributed by atoms with van der Waals surface area (Å²) in [7, 11) is 0. The summed E-state index contributed by atoms with van der Waals surface area (Å²) in [5, 5.41) is 0. The van der Waals surface area contributed by atoms with E-state index in [1.165, 1.54) is 0 Å². The molecule has 3 nitrogen and oxygen atoms in total. The summed E-state index contributed by atoms with van der Waals surface area (Å²) < 4.78 is 4.88. The Morgan fingerprint density at radius 3 is 2.78 bits per heavy atom. The van der Waals surface area contributed by atoms with Crippen LogP contribution in [0.15, 0.2) is 0 Å². The van der Waals surface area contributed by atoms with Crippen LogP contribution in [0.2, 0.25) is 0 Å². The third-order valence-corrected chi connectivity index (χ3v) is 0.908. The average Bonchev–Trinajstić information content (AvgIpc) is 1.63. The van der Waals surface area contributed by atoms with Crippen LogP contribution >= 0.6 is 22.6 Å². The summed E-state index contributed by atoms with van der Waals surface area (Å²) in [4.78, 5) is 10.2. The molecule has 0 saturated carbocycles. The van der Waals surface area contributed by atoms with Crippen LogP contribution in [-0.2, 0) is 9.53 Å². The van der Waals surface area contributed by atoms with Crippen molar-refractivity contribution < 1.29 is 9.53 Å². The van der Waals surface area contributed by atoms with Crippen LogP contribution in [0.1, 0.15) is 6.92 Å². The molecule has 0 rings (SSSR count). The van der Waals surface area contributed by atoms with Gasteiger partial charge in [-0.3, -0.25) is 4.79 Å². The van der Waals surface area contributed by atoms with Crippen molar-refractivity contribution in [2.75, 3.05) is 13.2 Å². The maximum atomic E-state index is 10.2. The quantitative estimate of drug-likeness (QED) is 0.571. The van der Waals surface area contributed by atoms with Gasteiger partial charge in [-0.25, -0.2) is 0 Å². The highest BCUT2D eigenvalue weighted by atomic mass is 127. The molecule has 9 heavy (non-hydrogen) atoms. The van der Waals surface area contributed by atoms with Crippen molar-refractivity contribution in [1.29, 1.82) is 0 Å². The van der Waals surface area contributed by atoms with E-state index < -0.39 is 0 Å². The van der Waals surface area contributed by atoms with Crippen LogP contribution in [0.3, 0.4) is 0 Å². The second-order valence-electron chi connectivity index (χ2n) is 1.85. The molecule has 0 aromatic heterocycles. The van der Waals surface area contributed by atoms with Gasteiger partial charge in [0, 0.05) is 28.6 Å². The van der Waals surface area contributed by atoms with Crippen LogP contribution in [0.5, 0.6) is 0 Å². The molecule has 2 N–H and O–H groups in total. The van der Waals surface area contributed by atoms with Crippen molar-refractivity contribution >= 4 is 26.4 Å². The van der Waals surface area contributed by atoms with Gasteiger partial charge in [0.1, 0.15) is 6.61 Å². The van der Waals surface area contributed by atoms with Gasteiger partial charge in [0.25, 0.3) is 0 Å². The predicted molar refractivity (Wildman–Crippen MR) is 43.5 cm³/mol. The van der Waals surface area contributed by atoms with E-state index in [0.29, 0.717) is 6.61 Å². The molecule has 1 atom stereocenters. The Hall–Kier alpha value is 0.320. The smallest absolute Gasteiger partial charge is 0.217 e. The first-order valence-electron chi connectivity index (χ1n) is 2.64. The van der Waals surface area contributed by atoms with E-state index in [1.807, 2.05) is 6.92 Å². The molecule has 0 bridgehead atoms. The summed E-state index contributed by atoms with van der Waals surface area (Å²) in [6.45, 7) is 2.45. The Morgan fingerprint density at radius 1 is 1.89 bits per heavy atom. The van der Waals surface area contributed by atoms with Gasteiger partial charge in [-0.2, -0.15) is 0 Å². The lowest BCUT2D eigenvalue weighted by atomic mass is 10.4. The minimum absolute atomic E-state index is 0.00764. The molecule has 0 aliphatic heterocycles. The molecule has 1 unspecified atom stereocenters. The Kier molecular flexibility index (Phi) is 5.31. The van der Waals surface area contributed by atoms with E-state index in [4.69, 9.17) is 10.5 Å². The second-order valence-corrected chi connectivity index (χ2v) is 3.05. The molecule has 0 aromatic carbocycles. The maximum Gasteiger partial charge on any atom is 0.217 e. The zero-order valence-electron chi connectivity index (χ0n) is 5.26. The lowest BCUT2D eigenvalue weighted by Gasteiger charge is -2.02. The molecule has 4 heteroatoms. The number of hydrogen-bond donors (Lipinski definition) is 1. The second kappa shape index (κ2) is 5.13. The zero-order valence-corrected chi connectivity index (χ0v) is 7.42. The van der Waals surface area contributed by atoms with Crippen molar-refractivity contribution in [2.45, 2.75) is 13.0 Å². The largest absolute Gasteiger partial charge is 0.371 e.